The molecule has 0 saturated heterocycles. The molecule has 2 aromatic rings. The van der Waals surface area contributed by atoms with E-state index >= 15 is 0 Å². The first kappa shape index (κ1) is 21.9. The summed E-state index contributed by atoms with van der Waals surface area (Å²) in [4.78, 5) is 27.7. The molecule has 0 heterocycles. The molecule has 0 bridgehead atoms. The Hall–Kier alpha value is -2.82. The van der Waals surface area contributed by atoms with Gasteiger partial charge in [-0.05, 0) is 68.7 Å². The zero-order valence-electron chi connectivity index (χ0n) is 18.2. The molecule has 160 valence electrons. The molecule has 0 radical (unpaired) electrons. The highest BCUT2D eigenvalue weighted by Gasteiger charge is 2.41. The molecular weight excluding hydrogens is 376 g/mol. The summed E-state index contributed by atoms with van der Waals surface area (Å²) in [6.45, 7) is 5.30. The number of amides is 2. The average molecular weight is 409 g/mol. The van der Waals surface area contributed by atoms with Crippen molar-refractivity contribution in [1.82, 2.24) is 4.90 Å². The van der Waals surface area contributed by atoms with E-state index in [0.29, 0.717) is 18.7 Å². The number of ether oxygens (including phenoxy) is 1. The second-order valence-electron chi connectivity index (χ2n) is 7.88. The van der Waals surface area contributed by atoms with Gasteiger partial charge in [-0.1, -0.05) is 31.4 Å². The molecule has 0 aliphatic heterocycles. The number of carbonyl (C=O) groups excluding carboxylic acids is 2. The van der Waals surface area contributed by atoms with Gasteiger partial charge < -0.3 is 15.0 Å². The molecule has 1 fully saturated rings. The minimum atomic E-state index is -0.528. The van der Waals surface area contributed by atoms with E-state index in [2.05, 4.69) is 5.32 Å². The van der Waals surface area contributed by atoms with E-state index in [-0.39, 0.29) is 11.8 Å². The summed E-state index contributed by atoms with van der Waals surface area (Å²) in [5.74, 6) is 0.827. The smallest absolute Gasteiger partial charge is 0.253 e. The molecule has 3 rings (SSSR count). The summed E-state index contributed by atoms with van der Waals surface area (Å²) in [6.07, 6.45) is 4.91. The Labute approximate surface area is 179 Å². The highest BCUT2D eigenvalue weighted by molar-refractivity contribution is 6.00. The lowest BCUT2D eigenvalue weighted by molar-refractivity contribution is -0.122. The molecule has 5 nitrogen and oxygen atoms in total. The number of anilines is 1. The van der Waals surface area contributed by atoms with Crippen LogP contribution in [0.25, 0.3) is 0 Å². The van der Waals surface area contributed by atoms with E-state index in [1.807, 2.05) is 50.2 Å². The maximum absolute atomic E-state index is 13.4. The molecule has 2 amide bonds. The summed E-state index contributed by atoms with van der Waals surface area (Å²) in [6, 6.07) is 15.1. The Balaban J connectivity index is 1.80. The van der Waals surface area contributed by atoms with E-state index < -0.39 is 5.41 Å². The number of rotatable bonds is 7. The molecule has 5 heteroatoms. The molecule has 0 aromatic heterocycles. The molecule has 1 aliphatic rings. The van der Waals surface area contributed by atoms with Crippen LogP contribution in [-0.4, -0.2) is 36.9 Å². The lowest BCUT2D eigenvalue weighted by atomic mass is 9.68. The van der Waals surface area contributed by atoms with Gasteiger partial charge >= 0.3 is 0 Å². The maximum atomic E-state index is 13.4. The standard InChI is InChI=1S/C25H32N2O3/c1-4-27(5-2)23(28)19-9-13-21(14-10-19)26-24(29)25(17-7-6-8-18-25)20-11-15-22(30-3)16-12-20/h9-16H,4-8,17-18H2,1-3H3,(H,26,29). The van der Waals surface area contributed by atoms with Crippen LogP contribution in [0.2, 0.25) is 0 Å². The lowest BCUT2D eigenvalue weighted by Gasteiger charge is -2.36. The molecule has 2 aromatic carbocycles. The van der Waals surface area contributed by atoms with Crippen molar-refractivity contribution in [3.8, 4) is 5.75 Å². The first-order valence-corrected chi connectivity index (χ1v) is 10.9. The van der Waals surface area contributed by atoms with Gasteiger partial charge in [0.05, 0.1) is 12.5 Å². The van der Waals surface area contributed by atoms with Crippen LogP contribution in [0.4, 0.5) is 5.69 Å². The number of benzene rings is 2. The third-order valence-electron chi connectivity index (χ3n) is 6.22. The molecule has 0 unspecified atom stereocenters. The highest BCUT2D eigenvalue weighted by Crippen LogP contribution is 2.41. The number of carbonyl (C=O) groups is 2. The number of hydrogen-bond donors (Lipinski definition) is 1. The fraction of sp³-hybridized carbons (Fsp3) is 0.440. The van der Waals surface area contributed by atoms with Gasteiger partial charge in [-0.2, -0.15) is 0 Å². The predicted molar refractivity (Wildman–Crippen MR) is 120 cm³/mol. The molecular formula is C25H32N2O3. The van der Waals surface area contributed by atoms with Crippen LogP contribution in [0, 0.1) is 0 Å². The van der Waals surface area contributed by atoms with Crippen LogP contribution >= 0.6 is 0 Å². The van der Waals surface area contributed by atoms with Crippen molar-refractivity contribution in [3.63, 3.8) is 0 Å². The third kappa shape index (κ3) is 4.50. The van der Waals surface area contributed by atoms with Gasteiger partial charge in [0.2, 0.25) is 5.91 Å². The van der Waals surface area contributed by atoms with Gasteiger partial charge in [0.15, 0.2) is 0 Å². The second-order valence-corrected chi connectivity index (χ2v) is 7.88. The van der Waals surface area contributed by atoms with E-state index in [1.165, 1.54) is 0 Å². The molecule has 1 aliphatic carbocycles. The van der Waals surface area contributed by atoms with Crippen molar-refractivity contribution in [2.24, 2.45) is 0 Å². The highest BCUT2D eigenvalue weighted by atomic mass is 16.5. The summed E-state index contributed by atoms with van der Waals surface area (Å²) in [7, 11) is 1.65. The van der Waals surface area contributed by atoms with Crippen LogP contribution in [0.5, 0.6) is 5.75 Å². The van der Waals surface area contributed by atoms with Crippen molar-refractivity contribution in [2.45, 2.75) is 51.4 Å². The zero-order valence-corrected chi connectivity index (χ0v) is 18.2. The minimum Gasteiger partial charge on any atom is -0.497 e. The Morgan fingerprint density at radius 1 is 0.933 bits per heavy atom. The largest absolute Gasteiger partial charge is 0.497 e. The minimum absolute atomic E-state index is 0.0138. The molecule has 1 saturated carbocycles. The predicted octanol–water partition coefficient (Wildman–Crippen LogP) is 5.02. The van der Waals surface area contributed by atoms with Crippen molar-refractivity contribution < 1.29 is 14.3 Å². The van der Waals surface area contributed by atoms with Crippen molar-refractivity contribution in [3.05, 3.63) is 59.7 Å². The van der Waals surface area contributed by atoms with Gasteiger partial charge in [-0.25, -0.2) is 0 Å². The first-order chi connectivity index (χ1) is 14.5. The topological polar surface area (TPSA) is 58.6 Å². The van der Waals surface area contributed by atoms with Gasteiger partial charge in [0.25, 0.3) is 5.91 Å². The van der Waals surface area contributed by atoms with Crippen LogP contribution < -0.4 is 10.1 Å². The van der Waals surface area contributed by atoms with Gasteiger partial charge in [0, 0.05) is 24.3 Å². The quantitative estimate of drug-likeness (QED) is 0.700. The van der Waals surface area contributed by atoms with E-state index in [4.69, 9.17) is 4.74 Å². The maximum Gasteiger partial charge on any atom is 0.253 e. The van der Waals surface area contributed by atoms with Crippen molar-refractivity contribution in [2.75, 3.05) is 25.5 Å². The van der Waals surface area contributed by atoms with Crippen LogP contribution in [0.1, 0.15) is 61.9 Å². The van der Waals surface area contributed by atoms with Crippen molar-refractivity contribution in [1.29, 1.82) is 0 Å². The average Bonchev–Trinajstić information content (AvgIpc) is 2.80. The second kappa shape index (κ2) is 9.79. The summed E-state index contributed by atoms with van der Waals surface area (Å²) in [5.41, 5.74) is 1.86. The fourth-order valence-corrected chi connectivity index (χ4v) is 4.35. The number of hydrogen-bond acceptors (Lipinski definition) is 3. The fourth-order valence-electron chi connectivity index (χ4n) is 4.35. The Kier molecular flexibility index (Phi) is 7.14. The van der Waals surface area contributed by atoms with Crippen LogP contribution in [0.3, 0.4) is 0 Å². The van der Waals surface area contributed by atoms with Crippen LogP contribution in [0.15, 0.2) is 48.5 Å². The Morgan fingerprint density at radius 3 is 2.07 bits per heavy atom. The molecule has 0 atom stereocenters. The number of nitrogens with one attached hydrogen (secondary N) is 1. The number of methoxy groups -OCH3 is 1. The summed E-state index contributed by atoms with van der Waals surface area (Å²) >= 11 is 0. The Morgan fingerprint density at radius 2 is 1.53 bits per heavy atom. The third-order valence-corrected chi connectivity index (χ3v) is 6.22. The summed E-state index contributed by atoms with van der Waals surface area (Å²) in [5, 5.41) is 3.11. The zero-order chi connectivity index (χ0) is 21.6. The lowest BCUT2D eigenvalue weighted by Crippen LogP contribution is -2.42. The molecule has 1 N–H and O–H groups in total. The van der Waals surface area contributed by atoms with Crippen LogP contribution in [-0.2, 0) is 10.2 Å². The first-order valence-electron chi connectivity index (χ1n) is 10.9. The number of nitrogens with zero attached hydrogens (tertiary/aromatic N) is 1. The van der Waals surface area contributed by atoms with E-state index in [1.54, 1.807) is 24.1 Å². The molecule has 0 spiro atoms. The van der Waals surface area contributed by atoms with Gasteiger partial charge in [-0.15, -0.1) is 0 Å². The van der Waals surface area contributed by atoms with Gasteiger partial charge in [-0.3, -0.25) is 9.59 Å². The molecule has 30 heavy (non-hydrogen) atoms. The Bertz CT molecular complexity index is 849. The van der Waals surface area contributed by atoms with E-state index in [9.17, 15) is 9.59 Å². The normalized spacial score (nSPS) is 15.3. The monoisotopic (exact) mass is 408 g/mol. The SMILES string of the molecule is CCN(CC)C(=O)c1ccc(NC(=O)C2(c3ccc(OC)cc3)CCCCC2)cc1. The van der Waals surface area contributed by atoms with Crippen molar-refractivity contribution >= 4 is 17.5 Å². The summed E-state index contributed by atoms with van der Waals surface area (Å²) < 4.78 is 5.28. The van der Waals surface area contributed by atoms with Gasteiger partial charge in [0.1, 0.15) is 5.75 Å². The van der Waals surface area contributed by atoms with E-state index in [0.717, 1.165) is 49.1 Å².